The Bertz CT molecular complexity index is 266. The molecule has 0 amide bonds. The fraction of sp³-hybridized carbons (Fsp3) is 0.923. The Morgan fingerprint density at radius 2 is 2.06 bits per heavy atom. The molecule has 2 aliphatic heterocycles. The minimum atomic E-state index is -0.679. The van der Waals surface area contributed by atoms with Crippen LogP contribution in [0.5, 0.6) is 0 Å². The summed E-state index contributed by atoms with van der Waals surface area (Å²) in [5.74, 6) is -0.679. The van der Waals surface area contributed by atoms with Crippen molar-refractivity contribution >= 4 is 5.97 Å². The zero-order valence-electron chi connectivity index (χ0n) is 10.7. The average Bonchev–Trinajstić information content (AvgIpc) is 2.26. The van der Waals surface area contributed by atoms with Crippen molar-refractivity contribution in [1.82, 2.24) is 4.90 Å². The van der Waals surface area contributed by atoms with E-state index in [0.717, 1.165) is 26.1 Å². The first-order valence-corrected chi connectivity index (χ1v) is 6.65. The molecule has 0 saturated carbocycles. The second-order valence-electron chi connectivity index (χ2n) is 5.65. The number of ether oxygens (including phenoxy) is 1. The summed E-state index contributed by atoms with van der Waals surface area (Å²) in [4.78, 5) is 12.9. The molecule has 2 aliphatic rings. The van der Waals surface area contributed by atoms with Crippen LogP contribution in [0.15, 0.2) is 0 Å². The molecule has 1 atom stereocenters. The van der Waals surface area contributed by atoms with Crippen LogP contribution in [-0.2, 0) is 9.53 Å². The van der Waals surface area contributed by atoms with Crippen LogP contribution in [0.2, 0.25) is 0 Å². The molecule has 0 aromatic heterocycles. The van der Waals surface area contributed by atoms with Gasteiger partial charge >= 0.3 is 5.97 Å². The van der Waals surface area contributed by atoms with Gasteiger partial charge in [0, 0.05) is 44.2 Å². The Labute approximate surface area is 103 Å². The summed E-state index contributed by atoms with van der Waals surface area (Å²) < 4.78 is 5.40. The van der Waals surface area contributed by atoms with Gasteiger partial charge in [-0.3, -0.25) is 9.69 Å². The van der Waals surface area contributed by atoms with Crippen LogP contribution in [0.4, 0.5) is 0 Å². The molecule has 2 rings (SSSR count). The molecule has 2 saturated heterocycles. The molecule has 0 aliphatic carbocycles. The van der Waals surface area contributed by atoms with Crippen LogP contribution in [0.25, 0.3) is 0 Å². The van der Waals surface area contributed by atoms with Gasteiger partial charge in [0.05, 0.1) is 0 Å². The van der Waals surface area contributed by atoms with Crippen molar-refractivity contribution < 1.29 is 14.6 Å². The van der Waals surface area contributed by atoms with Crippen LogP contribution in [0.1, 0.15) is 39.0 Å². The predicted octanol–water partition coefficient (Wildman–Crippen LogP) is 1.74. The van der Waals surface area contributed by atoms with E-state index in [1.165, 1.54) is 25.9 Å². The molecule has 0 bridgehead atoms. The van der Waals surface area contributed by atoms with Crippen molar-refractivity contribution in [2.45, 2.75) is 45.1 Å². The maximum absolute atomic E-state index is 10.4. The van der Waals surface area contributed by atoms with Gasteiger partial charge in [-0.2, -0.15) is 0 Å². The van der Waals surface area contributed by atoms with Crippen molar-refractivity contribution in [3.8, 4) is 0 Å². The number of carboxylic acids is 1. The van der Waals surface area contributed by atoms with Gasteiger partial charge in [0.25, 0.3) is 0 Å². The number of likely N-dealkylation sites (tertiary alicyclic amines) is 1. The lowest BCUT2D eigenvalue weighted by atomic mass is 9.72. The summed E-state index contributed by atoms with van der Waals surface area (Å²) in [6.07, 6.45) is 4.50. The zero-order chi connectivity index (χ0) is 12.3. The highest BCUT2D eigenvalue weighted by molar-refractivity contribution is 5.66. The highest BCUT2D eigenvalue weighted by atomic mass is 16.5. The first kappa shape index (κ1) is 12.8. The first-order valence-electron chi connectivity index (χ1n) is 6.65. The van der Waals surface area contributed by atoms with Crippen molar-refractivity contribution in [3.63, 3.8) is 0 Å². The summed E-state index contributed by atoms with van der Waals surface area (Å²) >= 11 is 0. The highest BCUT2D eigenvalue weighted by Gasteiger charge is 2.44. The van der Waals surface area contributed by atoms with Gasteiger partial charge < -0.3 is 9.84 Å². The highest BCUT2D eigenvalue weighted by Crippen LogP contribution is 2.41. The number of carboxylic acid groups (broad SMARTS) is 1. The normalized spacial score (nSPS) is 25.5. The van der Waals surface area contributed by atoms with Crippen molar-refractivity contribution in [3.05, 3.63) is 0 Å². The number of rotatable bonds is 5. The predicted molar refractivity (Wildman–Crippen MR) is 65.0 cm³/mol. The maximum Gasteiger partial charge on any atom is 0.303 e. The number of hydrogen-bond donors (Lipinski definition) is 1. The van der Waals surface area contributed by atoms with E-state index in [1.807, 2.05) is 0 Å². The second kappa shape index (κ2) is 5.36. The molecule has 0 radical (unpaired) electrons. The Kier molecular flexibility index (Phi) is 4.05. The summed E-state index contributed by atoms with van der Waals surface area (Å²) in [5, 5.41) is 8.61. The van der Waals surface area contributed by atoms with E-state index in [-0.39, 0.29) is 0 Å². The van der Waals surface area contributed by atoms with Crippen LogP contribution in [0, 0.1) is 5.41 Å². The van der Waals surface area contributed by atoms with Crippen molar-refractivity contribution in [2.75, 3.05) is 26.3 Å². The number of hydrogen-bond acceptors (Lipinski definition) is 3. The summed E-state index contributed by atoms with van der Waals surface area (Å²) in [7, 11) is 0. The van der Waals surface area contributed by atoms with Crippen LogP contribution in [0.3, 0.4) is 0 Å². The molecular formula is C13H23NO3. The van der Waals surface area contributed by atoms with Gasteiger partial charge in [-0.1, -0.05) is 0 Å². The van der Waals surface area contributed by atoms with Gasteiger partial charge in [0.1, 0.15) is 0 Å². The standard InChI is InChI=1S/C13H23NO3/c1-11(3-2-4-12(15)16)14-9-13(10-14)5-7-17-8-6-13/h11H,2-10H2,1H3,(H,15,16). The monoisotopic (exact) mass is 241 g/mol. The van der Waals surface area contributed by atoms with Gasteiger partial charge in [-0.05, 0) is 32.6 Å². The molecule has 1 spiro atoms. The molecular weight excluding hydrogens is 218 g/mol. The lowest BCUT2D eigenvalue weighted by Gasteiger charge is -2.54. The third-order valence-corrected chi connectivity index (χ3v) is 4.27. The Hall–Kier alpha value is -0.610. The zero-order valence-corrected chi connectivity index (χ0v) is 10.7. The van der Waals surface area contributed by atoms with Crippen LogP contribution >= 0.6 is 0 Å². The van der Waals surface area contributed by atoms with E-state index in [9.17, 15) is 4.79 Å². The average molecular weight is 241 g/mol. The minimum absolute atomic E-state index is 0.303. The Morgan fingerprint density at radius 1 is 1.41 bits per heavy atom. The quantitative estimate of drug-likeness (QED) is 0.796. The summed E-state index contributed by atoms with van der Waals surface area (Å²) in [5.41, 5.74) is 0.527. The molecule has 98 valence electrons. The van der Waals surface area contributed by atoms with Gasteiger partial charge in [-0.25, -0.2) is 0 Å². The van der Waals surface area contributed by atoms with E-state index in [1.54, 1.807) is 0 Å². The molecule has 0 aromatic rings. The summed E-state index contributed by atoms with van der Waals surface area (Å²) in [6.45, 7) is 6.42. The molecule has 4 heteroatoms. The molecule has 17 heavy (non-hydrogen) atoms. The lowest BCUT2D eigenvalue weighted by Crippen LogP contribution is -2.60. The number of carbonyl (C=O) groups is 1. The molecule has 2 heterocycles. The third-order valence-electron chi connectivity index (χ3n) is 4.27. The Balaban J connectivity index is 1.66. The van der Waals surface area contributed by atoms with Crippen LogP contribution in [-0.4, -0.2) is 48.3 Å². The molecule has 0 aromatic carbocycles. The molecule has 1 unspecified atom stereocenters. The molecule has 2 fully saturated rings. The maximum atomic E-state index is 10.4. The SMILES string of the molecule is CC(CCCC(=O)O)N1CC2(CCOCC2)C1. The van der Waals surface area contributed by atoms with Gasteiger partial charge in [0.2, 0.25) is 0 Å². The number of aliphatic carboxylic acids is 1. The van der Waals surface area contributed by atoms with Gasteiger partial charge in [0.15, 0.2) is 0 Å². The second-order valence-corrected chi connectivity index (χ2v) is 5.65. The van der Waals surface area contributed by atoms with Crippen LogP contribution < -0.4 is 0 Å². The first-order chi connectivity index (χ1) is 8.11. The summed E-state index contributed by atoms with van der Waals surface area (Å²) in [6, 6.07) is 0.530. The van der Waals surface area contributed by atoms with E-state index in [2.05, 4.69) is 11.8 Å². The van der Waals surface area contributed by atoms with Gasteiger partial charge in [-0.15, -0.1) is 0 Å². The van der Waals surface area contributed by atoms with E-state index < -0.39 is 5.97 Å². The largest absolute Gasteiger partial charge is 0.481 e. The number of nitrogens with zero attached hydrogens (tertiary/aromatic N) is 1. The van der Waals surface area contributed by atoms with E-state index >= 15 is 0 Å². The third kappa shape index (κ3) is 3.19. The smallest absolute Gasteiger partial charge is 0.303 e. The molecule has 4 nitrogen and oxygen atoms in total. The van der Waals surface area contributed by atoms with E-state index in [4.69, 9.17) is 9.84 Å². The topological polar surface area (TPSA) is 49.8 Å². The lowest BCUT2D eigenvalue weighted by molar-refractivity contribution is -0.137. The van der Waals surface area contributed by atoms with Crippen molar-refractivity contribution in [1.29, 1.82) is 0 Å². The molecule has 1 N–H and O–H groups in total. The minimum Gasteiger partial charge on any atom is -0.481 e. The fourth-order valence-corrected chi connectivity index (χ4v) is 2.98. The van der Waals surface area contributed by atoms with E-state index in [0.29, 0.717) is 17.9 Å². The Morgan fingerprint density at radius 3 is 2.65 bits per heavy atom. The van der Waals surface area contributed by atoms with Crippen molar-refractivity contribution in [2.24, 2.45) is 5.41 Å². The fourth-order valence-electron chi connectivity index (χ4n) is 2.98.